The van der Waals surface area contributed by atoms with Gasteiger partial charge in [0.1, 0.15) is 5.82 Å². The highest BCUT2D eigenvalue weighted by atomic mass is 79.9. The van der Waals surface area contributed by atoms with Gasteiger partial charge in [-0.2, -0.15) is 0 Å². The Morgan fingerprint density at radius 2 is 2.11 bits per heavy atom. The number of aryl methyl sites for hydroxylation is 2. The van der Waals surface area contributed by atoms with Crippen molar-refractivity contribution in [3.05, 3.63) is 63.4 Å². The third kappa shape index (κ3) is 2.39. The van der Waals surface area contributed by atoms with Crippen LogP contribution in [-0.4, -0.2) is 0 Å². The molecule has 3 rings (SSSR count). The zero-order chi connectivity index (χ0) is 13.4. The molecule has 0 bridgehead atoms. The lowest BCUT2D eigenvalue weighted by Crippen LogP contribution is -2.07. The lowest BCUT2D eigenvalue weighted by atomic mass is 10.1. The van der Waals surface area contributed by atoms with Gasteiger partial charge in [-0.05, 0) is 70.6 Å². The van der Waals surface area contributed by atoms with Crippen molar-refractivity contribution >= 4 is 21.6 Å². The first-order valence-electron chi connectivity index (χ1n) is 6.45. The molecule has 19 heavy (non-hydrogen) atoms. The molecule has 3 heteroatoms. The maximum absolute atomic E-state index is 13.2. The predicted molar refractivity (Wildman–Crippen MR) is 80.0 cm³/mol. The van der Waals surface area contributed by atoms with Gasteiger partial charge in [-0.3, -0.25) is 0 Å². The number of halogens is 2. The first kappa shape index (κ1) is 12.7. The summed E-state index contributed by atoms with van der Waals surface area (Å²) >= 11 is 3.62. The van der Waals surface area contributed by atoms with Crippen LogP contribution >= 0.6 is 15.9 Å². The number of hydrogen-bond donors (Lipinski definition) is 1. The molecule has 2 aromatic carbocycles. The summed E-state index contributed by atoms with van der Waals surface area (Å²) < 4.78 is 14.3. The molecule has 1 unspecified atom stereocenters. The highest BCUT2D eigenvalue weighted by Gasteiger charge is 2.23. The molecule has 0 saturated carbocycles. The van der Waals surface area contributed by atoms with Gasteiger partial charge in [-0.25, -0.2) is 4.39 Å². The molecule has 1 N–H and O–H groups in total. The van der Waals surface area contributed by atoms with E-state index >= 15 is 0 Å². The normalized spacial score (nSPS) is 17.3. The van der Waals surface area contributed by atoms with Crippen LogP contribution in [-0.2, 0) is 6.42 Å². The molecule has 0 radical (unpaired) electrons. The highest BCUT2D eigenvalue weighted by molar-refractivity contribution is 9.10. The van der Waals surface area contributed by atoms with E-state index in [1.54, 1.807) is 12.1 Å². The quantitative estimate of drug-likeness (QED) is 0.821. The van der Waals surface area contributed by atoms with E-state index < -0.39 is 0 Å². The van der Waals surface area contributed by atoms with E-state index in [4.69, 9.17) is 0 Å². The molecular weight excluding hydrogens is 305 g/mol. The number of hydrogen-bond acceptors (Lipinski definition) is 1. The molecule has 1 atom stereocenters. The van der Waals surface area contributed by atoms with Crippen LogP contribution in [0.4, 0.5) is 10.1 Å². The van der Waals surface area contributed by atoms with Crippen LogP contribution < -0.4 is 5.32 Å². The minimum atomic E-state index is -0.142. The number of nitrogens with one attached hydrogen (secondary N) is 1. The lowest BCUT2D eigenvalue weighted by Gasteiger charge is -2.17. The molecule has 1 aliphatic carbocycles. The van der Waals surface area contributed by atoms with Crippen molar-refractivity contribution in [2.24, 2.45) is 0 Å². The van der Waals surface area contributed by atoms with Gasteiger partial charge in [0.25, 0.3) is 0 Å². The maximum Gasteiger partial charge on any atom is 0.123 e. The second-order valence-electron chi connectivity index (χ2n) is 5.02. The van der Waals surface area contributed by atoms with E-state index in [1.807, 2.05) is 12.1 Å². The Morgan fingerprint density at radius 1 is 1.26 bits per heavy atom. The van der Waals surface area contributed by atoms with E-state index in [0.717, 1.165) is 28.6 Å². The molecule has 0 aliphatic heterocycles. The van der Waals surface area contributed by atoms with Crippen molar-refractivity contribution in [3.63, 3.8) is 0 Å². The van der Waals surface area contributed by atoms with Crippen LogP contribution in [0.15, 0.2) is 40.9 Å². The van der Waals surface area contributed by atoms with Crippen molar-refractivity contribution in [2.45, 2.75) is 25.8 Å². The summed E-state index contributed by atoms with van der Waals surface area (Å²) in [4.78, 5) is 0. The van der Waals surface area contributed by atoms with Crippen molar-refractivity contribution < 1.29 is 4.39 Å². The molecule has 0 spiro atoms. The Morgan fingerprint density at radius 3 is 2.95 bits per heavy atom. The Kier molecular flexibility index (Phi) is 3.31. The molecule has 2 aromatic rings. The van der Waals surface area contributed by atoms with Gasteiger partial charge in [-0.15, -0.1) is 0 Å². The molecule has 98 valence electrons. The summed E-state index contributed by atoms with van der Waals surface area (Å²) in [6, 6.07) is 11.6. The van der Waals surface area contributed by atoms with Crippen LogP contribution in [0, 0.1) is 12.7 Å². The van der Waals surface area contributed by atoms with Crippen molar-refractivity contribution in [3.8, 4) is 0 Å². The Balaban J connectivity index is 1.89. The fourth-order valence-corrected chi connectivity index (χ4v) is 3.06. The monoisotopic (exact) mass is 319 g/mol. The van der Waals surface area contributed by atoms with E-state index in [2.05, 4.69) is 40.3 Å². The predicted octanol–water partition coefficient (Wildman–Crippen LogP) is 5.00. The summed E-state index contributed by atoms with van der Waals surface area (Å²) in [7, 11) is 0. The zero-order valence-electron chi connectivity index (χ0n) is 10.7. The molecule has 0 amide bonds. The standard InChI is InChI=1S/C16H15BrFN/c1-10-3-2-4-15(16(10)17)19-14-8-5-11-9-12(18)6-7-13(11)14/h2-4,6-7,9,14,19H,5,8H2,1H3. The van der Waals surface area contributed by atoms with Crippen LogP contribution in [0.1, 0.15) is 29.2 Å². The van der Waals surface area contributed by atoms with Gasteiger partial charge in [0.05, 0.1) is 6.04 Å². The summed E-state index contributed by atoms with van der Waals surface area (Å²) in [5.74, 6) is -0.142. The third-order valence-corrected chi connectivity index (χ3v) is 4.76. The average molecular weight is 320 g/mol. The third-order valence-electron chi connectivity index (χ3n) is 3.70. The fraction of sp³-hybridized carbons (Fsp3) is 0.250. The number of fused-ring (bicyclic) bond motifs is 1. The molecule has 0 fully saturated rings. The average Bonchev–Trinajstić information content (AvgIpc) is 2.77. The van der Waals surface area contributed by atoms with Crippen molar-refractivity contribution in [2.75, 3.05) is 5.32 Å². The second kappa shape index (κ2) is 4.97. The first-order chi connectivity index (χ1) is 9.15. The zero-order valence-corrected chi connectivity index (χ0v) is 12.3. The molecule has 1 nitrogen and oxygen atoms in total. The van der Waals surface area contributed by atoms with E-state index in [-0.39, 0.29) is 11.9 Å². The summed E-state index contributed by atoms with van der Waals surface area (Å²) in [5, 5.41) is 3.56. The number of anilines is 1. The van der Waals surface area contributed by atoms with Crippen molar-refractivity contribution in [1.29, 1.82) is 0 Å². The van der Waals surface area contributed by atoms with Crippen molar-refractivity contribution in [1.82, 2.24) is 0 Å². The van der Waals surface area contributed by atoms with Gasteiger partial charge in [-0.1, -0.05) is 18.2 Å². The highest BCUT2D eigenvalue weighted by Crippen LogP contribution is 2.36. The van der Waals surface area contributed by atoms with Gasteiger partial charge in [0.2, 0.25) is 0 Å². The van der Waals surface area contributed by atoms with Gasteiger partial charge in [0.15, 0.2) is 0 Å². The van der Waals surface area contributed by atoms with Gasteiger partial charge < -0.3 is 5.32 Å². The van der Waals surface area contributed by atoms with Crippen LogP contribution in [0.25, 0.3) is 0 Å². The smallest absolute Gasteiger partial charge is 0.123 e. The van der Waals surface area contributed by atoms with Crippen LogP contribution in [0.5, 0.6) is 0 Å². The fourth-order valence-electron chi connectivity index (χ4n) is 2.68. The molecule has 0 aromatic heterocycles. The van der Waals surface area contributed by atoms with E-state index in [1.165, 1.54) is 11.1 Å². The minimum absolute atomic E-state index is 0.142. The SMILES string of the molecule is Cc1cccc(NC2CCc3cc(F)ccc32)c1Br. The minimum Gasteiger partial charge on any atom is -0.377 e. The number of benzene rings is 2. The van der Waals surface area contributed by atoms with Gasteiger partial charge in [0, 0.05) is 10.2 Å². The molecule has 1 aliphatic rings. The Hall–Kier alpha value is -1.35. The second-order valence-corrected chi connectivity index (χ2v) is 5.81. The largest absolute Gasteiger partial charge is 0.377 e. The number of rotatable bonds is 2. The van der Waals surface area contributed by atoms with E-state index in [0.29, 0.717) is 0 Å². The summed E-state index contributed by atoms with van der Waals surface area (Å²) in [6.07, 6.45) is 1.95. The molecule has 0 saturated heterocycles. The molecular formula is C16H15BrFN. The van der Waals surface area contributed by atoms with Crippen LogP contribution in [0.2, 0.25) is 0 Å². The van der Waals surface area contributed by atoms with Crippen LogP contribution in [0.3, 0.4) is 0 Å². The maximum atomic E-state index is 13.2. The lowest BCUT2D eigenvalue weighted by molar-refractivity contribution is 0.626. The summed E-state index contributed by atoms with van der Waals surface area (Å²) in [6.45, 7) is 2.08. The molecule has 0 heterocycles. The van der Waals surface area contributed by atoms with Gasteiger partial charge >= 0.3 is 0 Å². The topological polar surface area (TPSA) is 12.0 Å². The van der Waals surface area contributed by atoms with E-state index in [9.17, 15) is 4.39 Å². The Bertz CT molecular complexity index is 624. The first-order valence-corrected chi connectivity index (χ1v) is 7.24. The summed E-state index contributed by atoms with van der Waals surface area (Å²) in [5.41, 5.74) is 4.65. The Labute approximate surface area is 121 Å².